The van der Waals surface area contributed by atoms with E-state index in [-0.39, 0.29) is 6.03 Å². The molecule has 0 aromatic heterocycles. The topological polar surface area (TPSA) is 72.9 Å². The Kier molecular flexibility index (Phi) is 5.21. The van der Waals surface area contributed by atoms with E-state index in [1.807, 2.05) is 7.05 Å². The number of hydrogen-bond acceptors (Lipinski definition) is 3. The Morgan fingerprint density at radius 3 is 2.82 bits per heavy atom. The van der Waals surface area contributed by atoms with Crippen molar-refractivity contribution in [2.45, 2.75) is 25.3 Å². The van der Waals surface area contributed by atoms with Gasteiger partial charge >= 0.3 is 12.0 Å². The van der Waals surface area contributed by atoms with E-state index < -0.39 is 12.0 Å². The van der Waals surface area contributed by atoms with Crippen LogP contribution in [0.5, 0.6) is 0 Å². The molecule has 6 heteroatoms. The Labute approximate surface area is 102 Å². The van der Waals surface area contributed by atoms with Crippen molar-refractivity contribution in [3.05, 3.63) is 0 Å². The van der Waals surface area contributed by atoms with Crippen molar-refractivity contribution in [3.8, 4) is 0 Å². The van der Waals surface area contributed by atoms with Gasteiger partial charge in [-0.15, -0.1) is 0 Å². The number of rotatable bonds is 5. The lowest BCUT2D eigenvalue weighted by Crippen LogP contribution is -2.47. The standard InChI is InChI=1S/C11H21N3O3/c1-12-6-4-7-13(2)11(17)14-8-3-5-9(14)10(15)16/h9,12H,3-8H2,1-2H3,(H,15,16)/t9-/m1/s1. The Balaban J connectivity index is 2.47. The first-order chi connectivity index (χ1) is 8.07. The minimum atomic E-state index is -0.903. The summed E-state index contributed by atoms with van der Waals surface area (Å²) in [5.74, 6) is -0.903. The molecule has 98 valence electrons. The first kappa shape index (κ1) is 13.8. The molecule has 1 heterocycles. The third-order valence-electron chi connectivity index (χ3n) is 3.03. The highest BCUT2D eigenvalue weighted by Crippen LogP contribution is 2.18. The molecule has 2 N–H and O–H groups in total. The summed E-state index contributed by atoms with van der Waals surface area (Å²) in [6.45, 7) is 2.04. The quantitative estimate of drug-likeness (QED) is 0.676. The van der Waals surface area contributed by atoms with Crippen LogP contribution in [0, 0.1) is 0 Å². The zero-order chi connectivity index (χ0) is 12.8. The lowest BCUT2D eigenvalue weighted by Gasteiger charge is -2.27. The molecule has 17 heavy (non-hydrogen) atoms. The molecule has 0 unspecified atom stereocenters. The number of carbonyl (C=O) groups is 2. The van der Waals surface area contributed by atoms with Crippen molar-refractivity contribution < 1.29 is 14.7 Å². The van der Waals surface area contributed by atoms with Crippen molar-refractivity contribution in [1.29, 1.82) is 0 Å². The summed E-state index contributed by atoms with van der Waals surface area (Å²) in [4.78, 5) is 26.1. The smallest absolute Gasteiger partial charge is 0.326 e. The van der Waals surface area contributed by atoms with Crippen LogP contribution in [-0.2, 0) is 4.79 Å². The van der Waals surface area contributed by atoms with Crippen LogP contribution in [0.2, 0.25) is 0 Å². The molecular weight excluding hydrogens is 222 g/mol. The van der Waals surface area contributed by atoms with Crippen LogP contribution in [0.1, 0.15) is 19.3 Å². The van der Waals surface area contributed by atoms with Crippen LogP contribution in [0.25, 0.3) is 0 Å². The van der Waals surface area contributed by atoms with Gasteiger partial charge in [0.25, 0.3) is 0 Å². The summed E-state index contributed by atoms with van der Waals surface area (Å²) in [5.41, 5.74) is 0. The van der Waals surface area contributed by atoms with E-state index in [0.717, 1.165) is 19.4 Å². The third-order valence-corrected chi connectivity index (χ3v) is 3.03. The molecule has 0 aliphatic carbocycles. The average Bonchev–Trinajstić information content (AvgIpc) is 2.77. The molecular formula is C11H21N3O3. The molecule has 0 spiro atoms. The number of nitrogens with zero attached hydrogens (tertiary/aromatic N) is 2. The van der Waals surface area contributed by atoms with Gasteiger partial charge in [-0.25, -0.2) is 9.59 Å². The summed E-state index contributed by atoms with van der Waals surface area (Å²) in [6.07, 6.45) is 2.20. The lowest BCUT2D eigenvalue weighted by atomic mass is 10.2. The highest BCUT2D eigenvalue weighted by molar-refractivity contribution is 5.83. The van der Waals surface area contributed by atoms with Gasteiger partial charge in [0.15, 0.2) is 0 Å². The molecule has 0 radical (unpaired) electrons. The molecule has 1 saturated heterocycles. The van der Waals surface area contributed by atoms with Crippen LogP contribution in [0.15, 0.2) is 0 Å². The molecule has 0 aromatic carbocycles. The predicted octanol–water partition coefficient (Wildman–Crippen LogP) is 0.197. The van der Waals surface area contributed by atoms with Crippen LogP contribution in [0.4, 0.5) is 4.79 Å². The van der Waals surface area contributed by atoms with Gasteiger partial charge in [0, 0.05) is 20.1 Å². The highest BCUT2D eigenvalue weighted by atomic mass is 16.4. The van der Waals surface area contributed by atoms with E-state index in [0.29, 0.717) is 19.5 Å². The first-order valence-corrected chi connectivity index (χ1v) is 5.97. The van der Waals surface area contributed by atoms with Gasteiger partial charge in [0.05, 0.1) is 0 Å². The van der Waals surface area contributed by atoms with E-state index >= 15 is 0 Å². The van der Waals surface area contributed by atoms with Gasteiger partial charge in [-0.1, -0.05) is 0 Å². The number of amides is 2. The van der Waals surface area contributed by atoms with Crippen molar-refractivity contribution in [1.82, 2.24) is 15.1 Å². The van der Waals surface area contributed by atoms with Gasteiger partial charge in [0.1, 0.15) is 6.04 Å². The predicted molar refractivity (Wildman–Crippen MR) is 63.9 cm³/mol. The van der Waals surface area contributed by atoms with Crippen LogP contribution in [-0.4, -0.2) is 66.7 Å². The van der Waals surface area contributed by atoms with E-state index in [9.17, 15) is 9.59 Å². The molecule has 1 rings (SSSR count). The first-order valence-electron chi connectivity index (χ1n) is 5.97. The fourth-order valence-corrected chi connectivity index (χ4v) is 2.06. The molecule has 0 saturated carbocycles. The molecule has 0 bridgehead atoms. The van der Waals surface area contributed by atoms with Gasteiger partial charge in [-0.2, -0.15) is 0 Å². The van der Waals surface area contributed by atoms with E-state index in [2.05, 4.69) is 5.32 Å². The number of urea groups is 1. The number of carboxylic acid groups (broad SMARTS) is 1. The second kappa shape index (κ2) is 6.44. The minimum absolute atomic E-state index is 0.175. The maximum atomic E-state index is 12.0. The summed E-state index contributed by atoms with van der Waals surface area (Å²) in [6, 6.07) is -0.819. The summed E-state index contributed by atoms with van der Waals surface area (Å²) in [5, 5.41) is 12.0. The van der Waals surface area contributed by atoms with E-state index in [4.69, 9.17) is 5.11 Å². The second-order valence-electron chi connectivity index (χ2n) is 4.35. The van der Waals surface area contributed by atoms with Crippen LogP contribution < -0.4 is 5.32 Å². The van der Waals surface area contributed by atoms with E-state index in [1.165, 1.54) is 4.90 Å². The number of nitrogens with one attached hydrogen (secondary N) is 1. The Bertz CT molecular complexity index is 283. The summed E-state index contributed by atoms with van der Waals surface area (Å²) in [7, 11) is 3.58. The zero-order valence-corrected chi connectivity index (χ0v) is 10.5. The van der Waals surface area contributed by atoms with Crippen LogP contribution in [0.3, 0.4) is 0 Å². The van der Waals surface area contributed by atoms with E-state index in [1.54, 1.807) is 11.9 Å². The van der Waals surface area contributed by atoms with Crippen LogP contribution >= 0.6 is 0 Å². The Morgan fingerprint density at radius 2 is 2.24 bits per heavy atom. The second-order valence-corrected chi connectivity index (χ2v) is 4.35. The van der Waals surface area contributed by atoms with Gasteiger partial charge < -0.3 is 20.2 Å². The Hall–Kier alpha value is -1.30. The summed E-state index contributed by atoms with van der Waals surface area (Å²) < 4.78 is 0. The highest BCUT2D eigenvalue weighted by Gasteiger charge is 2.35. The molecule has 1 aliphatic heterocycles. The number of carbonyl (C=O) groups excluding carboxylic acids is 1. The molecule has 1 atom stereocenters. The number of aliphatic carboxylic acids is 1. The maximum absolute atomic E-state index is 12.0. The van der Waals surface area contributed by atoms with Crippen molar-refractivity contribution in [2.75, 3.05) is 33.7 Å². The number of hydrogen-bond donors (Lipinski definition) is 2. The van der Waals surface area contributed by atoms with Gasteiger partial charge in [-0.05, 0) is 32.9 Å². The zero-order valence-electron chi connectivity index (χ0n) is 10.5. The fourth-order valence-electron chi connectivity index (χ4n) is 2.06. The molecule has 1 fully saturated rings. The maximum Gasteiger partial charge on any atom is 0.326 e. The van der Waals surface area contributed by atoms with Gasteiger partial charge in [-0.3, -0.25) is 0 Å². The fraction of sp³-hybridized carbons (Fsp3) is 0.818. The Morgan fingerprint density at radius 1 is 1.53 bits per heavy atom. The van der Waals surface area contributed by atoms with Crippen molar-refractivity contribution in [3.63, 3.8) is 0 Å². The van der Waals surface area contributed by atoms with Crippen molar-refractivity contribution >= 4 is 12.0 Å². The molecule has 1 aliphatic rings. The van der Waals surface area contributed by atoms with Gasteiger partial charge in [0.2, 0.25) is 0 Å². The monoisotopic (exact) mass is 243 g/mol. The number of likely N-dealkylation sites (tertiary alicyclic amines) is 1. The van der Waals surface area contributed by atoms with Crippen molar-refractivity contribution in [2.24, 2.45) is 0 Å². The number of carboxylic acids is 1. The molecule has 6 nitrogen and oxygen atoms in total. The normalized spacial score (nSPS) is 19.4. The average molecular weight is 243 g/mol. The molecule has 2 amide bonds. The lowest BCUT2D eigenvalue weighted by molar-refractivity contribution is -0.141. The minimum Gasteiger partial charge on any atom is -0.480 e. The third kappa shape index (κ3) is 3.59. The molecule has 0 aromatic rings. The SMILES string of the molecule is CNCCCN(C)C(=O)N1CCC[C@@H]1C(=O)O. The summed E-state index contributed by atoms with van der Waals surface area (Å²) >= 11 is 0. The largest absolute Gasteiger partial charge is 0.480 e.